The van der Waals surface area contributed by atoms with E-state index in [2.05, 4.69) is 5.32 Å². The first kappa shape index (κ1) is 16.4. The van der Waals surface area contributed by atoms with Gasteiger partial charge < -0.3 is 5.32 Å². The predicted molar refractivity (Wildman–Crippen MR) is 79.1 cm³/mol. The molecule has 1 aromatic carbocycles. The number of hydrogen-bond donors (Lipinski definition) is 1. The molecule has 1 heterocycles. The minimum atomic E-state index is -3.29. The van der Waals surface area contributed by atoms with Crippen molar-refractivity contribution in [2.45, 2.75) is 17.7 Å². The zero-order chi connectivity index (χ0) is 13.0. The Balaban J connectivity index is 0.00000180. The Labute approximate surface area is 121 Å². The summed E-state index contributed by atoms with van der Waals surface area (Å²) in [4.78, 5) is 0.400. The predicted octanol–water partition coefficient (Wildman–Crippen LogP) is 1.73. The van der Waals surface area contributed by atoms with Gasteiger partial charge in [0.1, 0.15) is 0 Å². The zero-order valence-electron chi connectivity index (χ0n) is 11.1. The van der Waals surface area contributed by atoms with Crippen LogP contribution in [0, 0.1) is 5.92 Å². The molecule has 1 N–H and O–H groups in total. The Kier molecular flexibility index (Phi) is 6.26. The highest BCUT2D eigenvalue weighted by atomic mass is 35.5. The van der Waals surface area contributed by atoms with Crippen LogP contribution in [0.25, 0.3) is 0 Å². The number of halogens is 1. The van der Waals surface area contributed by atoms with Gasteiger partial charge in [0.25, 0.3) is 0 Å². The van der Waals surface area contributed by atoms with Crippen LogP contribution in [0.5, 0.6) is 0 Å². The summed E-state index contributed by atoms with van der Waals surface area (Å²) in [6.45, 7) is 2.23. The second kappa shape index (κ2) is 7.24. The number of hydrogen-bond acceptors (Lipinski definition) is 3. The number of nitrogens with one attached hydrogen (secondary N) is 1. The van der Waals surface area contributed by atoms with Crippen LogP contribution >= 0.6 is 12.4 Å². The van der Waals surface area contributed by atoms with Crippen LogP contribution in [-0.4, -0.2) is 39.4 Å². The Hall–Kier alpha value is -0.620. The Bertz CT molecular complexity index is 471. The third kappa shape index (κ3) is 3.92. The van der Waals surface area contributed by atoms with Gasteiger partial charge in [-0.05, 0) is 44.5 Å². The van der Waals surface area contributed by atoms with Crippen LogP contribution in [0.2, 0.25) is 0 Å². The fourth-order valence-electron chi connectivity index (χ4n) is 2.38. The molecule has 0 aromatic heterocycles. The standard InChI is InChI=1S/C13H20N2O2S.ClH/c1-14-11-12-7-9-15(10-8-12)18(16,17)13-5-3-2-4-6-13;/h2-6,12,14H,7-11H2,1H3;1H. The van der Waals surface area contributed by atoms with Crippen molar-refractivity contribution in [3.05, 3.63) is 30.3 Å². The maximum Gasteiger partial charge on any atom is 0.243 e. The molecule has 0 bridgehead atoms. The van der Waals surface area contributed by atoms with Gasteiger partial charge in [0.15, 0.2) is 0 Å². The van der Waals surface area contributed by atoms with Crippen molar-refractivity contribution in [1.29, 1.82) is 0 Å². The second-order valence-electron chi connectivity index (χ2n) is 4.72. The molecule has 6 heteroatoms. The van der Waals surface area contributed by atoms with E-state index < -0.39 is 10.0 Å². The number of rotatable bonds is 4. The number of piperidine rings is 1. The van der Waals surface area contributed by atoms with Gasteiger partial charge in [0.2, 0.25) is 10.0 Å². The average Bonchev–Trinajstić information content (AvgIpc) is 2.41. The van der Waals surface area contributed by atoms with Gasteiger partial charge in [-0.1, -0.05) is 18.2 Å². The molecule has 1 aliphatic rings. The molecule has 0 saturated carbocycles. The lowest BCUT2D eigenvalue weighted by Gasteiger charge is -2.31. The van der Waals surface area contributed by atoms with Gasteiger partial charge >= 0.3 is 0 Å². The summed E-state index contributed by atoms with van der Waals surface area (Å²) in [7, 11) is -1.35. The second-order valence-corrected chi connectivity index (χ2v) is 6.66. The third-order valence-corrected chi connectivity index (χ3v) is 5.36. The van der Waals surface area contributed by atoms with E-state index in [0.29, 0.717) is 23.9 Å². The van der Waals surface area contributed by atoms with Crippen LogP contribution in [-0.2, 0) is 10.0 Å². The van der Waals surface area contributed by atoms with Crippen LogP contribution in [0.3, 0.4) is 0 Å². The first-order chi connectivity index (χ1) is 8.64. The molecule has 19 heavy (non-hydrogen) atoms. The van der Waals surface area contributed by atoms with Crippen molar-refractivity contribution < 1.29 is 8.42 Å². The molecule has 108 valence electrons. The van der Waals surface area contributed by atoms with Crippen molar-refractivity contribution in [3.63, 3.8) is 0 Å². The molecule has 0 radical (unpaired) electrons. The van der Waals surface area contributed by atoms with Crippen LogP contribution in [0.1, 0.15) is 12.8 Å². The monoisotopic (exact) mass is 304 g/mol. The van der Waals surface area contributed by atoms with E-state index in [1.54, 1.807) is 28.6 Å². The minimum Gasteiger partial charge on any atom is -0.319 e. The largest absolute Gasteiger partial charge is 0.319 e. The number of benzene rings is 1. The molecule has 1 aromatic rings. The number of nitrogens with zero attached hydrogens (tertiary/aromatic N) is 1. The third-order valence-electron chi connectivity index (χ3n) is 3.45. The highest BCUT2D eigenvalue weighted by Gasteiger charge is 2.28. The molecule has 1 saturated heterocycles. The first-order valence-electron chi connectivity index (χ1n) is 6.34. The van der Waals surface area contributed by atoms with E-state index in [9.17, 15) is 8.42 Å². The molecule has 0 unspecified atom stereocenters. The van der Waals surface area contributed by atoms with Crippen LogP contribution in [0.4, 0.5) is 0 Å². The van der Waals surface area contributed by atoms with E-state index >= 15 is 0 Å². The van der Waals surface area contributed by atoms with Gasteiger partial charge in [0, 0.05) is 13.1 Å². The summed E-state index contributed by atoms with van der Waals surface area (Å²) >= 11 is 0. The lowest BCUT2D eigenvalue weighted by atomic mass is 9.98. The molecule has 0 amide bonds. The lowest BCUT2D eigenvalue weighted by Crippen LogP contribution is -2.40. The summed E-state index contributed by atoms with van der Waals surface area (Å²) in [5.41, 5.74) is 0. The molecule has 4 nitrogen and oxygen atoms in total. The van der Waals surface area contributed by atoms with Crippen LogP contribution < -0.4 is 5.32 Å². The van der Waals surface area contributed by atoms with E-state index in [-0.39, 0.29) is 12.4 Å². The van der Waals surface area contributed by atoms with E-state index in [1.807, 2.05) is 13.1 Å². The topological polar surface area (TPSA) is 49.4 Å². The smallest absolute Gasteiger partial charge is 0.243 e. The SMILES string of the molecule is CNCC1CCN(S(=O)(=O)c2ccccc2)CC1.Cl. The molecule has 0 atom stereocenters. The van der Waals surface area contributed by atoms with Crippen molar-refractivity contribution in [1.82, 2.24) is 9.62 Å². The maximum absolute atomic E-state index is 12.4. The Morgan fingerprint density at radius 3 is 2.32 bits per heavy atom. The molecule has 0 aliphatic carbocycles. The Morgan fingerprint density at radius 1 is 1.21 bits per heavy atom. The minimum absolute atomic E-state index is 0. The zero-order valence-corrected chi connectivity index (χ0v) is 12.7. The van der Waals surface area contributed by atoms with Crippen molar-refractivity contribution in [2.75, 3.05) is 26.7 Å². The highest BCUT2D eigenvalue weighted by molar-refractivity contribution is 7.89. The van der Waals surface area contributed by atoms with E-state index in [4.69, 9.17) is 0 Å². The van der Waals surface area contributed by atoms with E-state index in [0.717, 1.165) is 19.4 Å². The van der Waals surface area contributed by atoms with E-state index in [1.165, 1.54) is 0 Å². The summed E-state index contributed by atoms with van der Waals surface area (Å²) in [5, 5.41) is 3.15. The van der Waals surface area contributed by atoms with Gasteiger partial charge in [-0.3, -0.25) is 0 Å². The molecule has 2 rings (SSSR count). The summed E-state index contributed by atoms with van der Waals surface area (Å²) in [6, 6.07) is 8.68. The highest BCUT2D eigenvalue weighted by Crippen LogP contribution is 2.23. The molecule has 1 aliphatic heterocycles. The molecular formula is C13H21ClN2O2S. The van der Waals surface area contributed by atoms with Gasteiger partial charge in [-0.15, -0.1) is 12.4 Å². The molecule has 0 spiro atoms. The fourth-order valence-corrected chi connectivity index (χ4v) is 3.87. The van der Waals surface area contributed by atoms with Crippen molar-refractivity contribution in [3.8, 4) is 0 Å². The van der Waals surface area contributed by atoms with Crippen molar-refractivity contribution in [2.24, 2.45) is 5.92 Å². The number of sulfonamides is 1. The average molecular weight is 305 g/mol. The summed E-state index contributed by atoms with van der Waals surface area (Å²) < 4.78 is 26.3. The van der Waals surface area contributed by atoms with Gasteiger partial charge in [-0.25, -0.2) is 8.42 Å². The van der Waals surface area contributed by atoms with Gasteiger partial charge in [0.05, 0.1) is 4.90 Å². The Morgan fingerprint density at radius 2 is 1.79 bits per heavy atom. The molecular weight excluding hydrogens is 284 g/mol. The fraction of sp³-hybridized carbons (Fsp3) is 0.538. The molecule has 1 fully saturated rings. The normalized spacial score (nSPS) is 17.9. The lowest BCUT2D eigenvalue weighted by molar-refractivity contribution is 0.270. The van der Waals surface area contributed by atoms with Crippen LogP contribution in [0.15, 0.2) is 35.2 Å². The first-order valence-corrected chi connectivity index (χ1v) is 7.78. The summed E-state index contributed by atoms with van der Waals surface area (Å²) in [5.74, 6) is 0.595. The maximum atomic E-state index is 12.4. The quantitative estimate of drug-likeness (QED) is 0.921. The van der Waals surface area contributed by atoms with Crippen molar-refractivity contribution >= 4 is 22.4 Å². The van der Waals surface area contributed by atoms with Gasteiger partial charge in [-0.2, -0.15) is 4.31 Å². The summed E-state index contributed by atoms with van der Waals surface area (Å²) in [6.07, 6.45) is 1.87.